The minimum absolute atomic E-state index is 0.0807. The van der Waals surface area contributed by atoms with Gasteiger partial charge in [0.25, 0.3) is 0 Å². The van der Waals surface area contributed by atoms with Gasteiger partial charge in [-0.2, -0.15) is 4.39 Å². The molecular formula is C16H23F3O2. The zero-order chi connectivity index (χ0) is 15.8. The van der Waals surface area contributed by atoms with E-state index in [1.807, 2.05) is 0 Å². The average molecular weight is 304 g/mol. The normalized spacial score (nSPS) is 11.0. The van der Waals surface area contributed by atoms with Crippen molar-refractivity contribution in [3.05, 3.63) is 23.0 Å². The second kappa shape index (κ2) is 8.80. The molecule has 21 heavy (non-hydrogen) atoms. The quantitative estimate of drug-likeness (QED) is 0.374. The summed E-state index contributed by atoms with van der Waals surface area (Å²) in [5.41, 5.74) is -0.350. The smallest absolute Gasteiger partial charge is 0.207 e. The van der Waals surface area contributed by atoms with Crippen LogP contribution in [0, 0.1) is 17.5 Å². The van der Waals surface area contributed by atoms with Crippen LogP contribution in [0.15, 0.2) is 0 Å². The fraction of sp³-hybridized carbons (Fsp3) is 0.625. The third-order valence-corrected chi connectivity index (χ3v) is 3.65. The Bertz CT molecular complexity index is 432. The molecule has 0 aromatic heterocycles. The van der Waals surface area contributed by atoms with Crippen LogP contribution in [0.2, 0.25) is 0 Å². The summed E-state index contributed by atoms with van der Waals surface area (Å²) in [6.07, 6.45) is 8.35. The van der Waals surface area contributed by atoms with Crippen molar-refractivity contribution < 1.29 is 23.4 Å². The first-order valence-electron chi connectivity index (χ1n) is 7.57. The first-order valence-corrected chi connectivity index (χ1v) is 7.57. The molecule has 2 nitrogen and oxygen atoms in total. The first-order chi connectivity index (χ1) is 10.0. The molecule has 0 spiro atoms. The van der Waals surface area contributed by atoms with Crippen LogP contribution in [0.1, 0.15) is 63.9 Å². The molecule has 0 saturated heterocycles. The Hall–Kier alpha value is -1.39. The van der Waals surface area contributed by atoms with Crippen LogP contribution in [-0.2, 0) is 6.42 Å². The second-order valence-corrected chi connectivity index (χ2v) is 5.34. The molecule has 1 rings (SSSR count). The Labute approximate surface area is 123 Å². The SMILES string of the molecule is CCCCCCCCCCc1c(O)c(O)c(F)c(F)c1F. The van der Waals surface area contributed by atoms with E-state index in [-0.39, 0.29) is 12.0 Å². The molecule has 0 fully saturated rings. The molecule has 0 atom stereocenters. The fourth-order valence-corrected chi connectivity index (χ4v) is 2.35. The highest BCUT2D eigenvalue weighted by atomic mass is 19.2. The van der Waals surface area contributed by atoms with Gasteiger partial charge in [0.05, 0.1) is 0 Å². The van der Waals surface area contributed by atoms with Crippen LogP contribution >= 0.6 is 0 Å². The molecule has 0 radical (unpaired) electrons. The van der Waals surface area contributed by atoms with Gasteiger partial charge in [0, 0.05) is 5.56 Å². The summed E-state index contributed by atoms with van der Waals surface area (Å²) in [5, 5.41) is 18.7. The summed E-state index contributed by atoms with van der Waals surface area (Å²) in [6, 6.07) is 0. The Kier molecular flexibility index (Phi) is 7.40. The van der Waals surface area contributed by atoms with Crippen LogP contribution in [0.3, 0.4) is 0 Å². The van der Waals surface area contributed by atoms with Crippen molar-refractivity contribution in [2.75, 3.05) is 0 Å². The van der Waals surface area contributed by atoms with Gasteiger partial charge >= 0.3 is 0 Å². The van der Waals surface area contributed by atoms with E-state index in [1.165, 1.54) is 25.7 Å². The van der Waals surface area contributed by atoms with Gasteiger partial charge in [0.1, 0.15) is 0 Å². The van der Waals surface area contributed by atoms with Crippen molar-refractivity contribution in [1.29, 1.82) is 0 Å². The highest BCUT2D eigenvalue weighted by Gasteiger charge is 2.23. The van der Waals surface area contributed by atoms with Gasteiger partial charge in [-0.15, -0.1) is 0 Å². The molecule has 0 aliphatic carbocycles. The number of hydrogen-bond donors (Lipinski definition) is 2. The van der Waals surface area contributed by atoms with E-state index in [0.717, 1.165) is 19.3 Å². The summed E-state index contributed by atoms with van der Waals surface area (Å²) in [7, 11) is 0. The predicted molar refractivity (Wildman–Crippen MR) is 76.0 cm³/mol. The number of halogens is 3. The van der Waals surface area contributed by atoms with Crippen molar-refractivity contribution in [3.8, 4) is 11.5 Å². The minimum atomic E-state index is -1.75. The summed E-state index contributed by atoms with van der Waals surface area (Å²) in [6.45, 7) is 2.15. The van der Waals surface area contributed by atoms with E-state index in [9.17, 15) is 23.4 Å². The third-order valence-electron chi connectivity index (χ3n) is 3.65. The minimum Gasteiger partial charge on any atom is -0.504 e. The van der Waals surface area contributed by atoms with E-state index < -0.39 is 29.0 Å². The number of unbranched alkanes of at least 4 members (excludes halogenated alkanes) is 7. The predicted octanol–water partition coefficient (Wildman–Crippen LogP) is 5.20. The second-order valence-electron chi connectivity index (χ2n) is 5.34. The molecule has 2 N–H and O–H groups in total. The van der Waals surface area contributed by atoms with Gasteiger partial charge < -0.3 is 10.2 Å². The van der Waals surface area contributed by atoms with E-state index >= 15 is 0 Å². The van der Waals surface area contributed by atoms with Gasteiger partial charge in [0.2, 0.25) is 5.82 Å². The number of rotatable bonds is 9. The standard InChI is InChI=1S/C16H23F3O2/c1-2-3-4-5-6-7-8-9-10-11-12(17)13(18)14(19)16(21)15(11)20/h20-21H,2-10H2,1H3. The Morgan fingerprint density at radius 3 is 1.76 bits per heavy atom. The maximum Gasteiger partial charge on any atom is 0.207 e. The van der Waals surface area contributed by atoms with Crippen molar-refractivity contribution in [3.63, 3.8) is 0 Å². The van der Waals surface area contributed by atoms with Gasteiger partial charge in [-0.1, -0.05) is 51.9 Å². The van der Waals surface area contributed by atoms with Gasteiger partial charge in [-0.25, -0.2) is 8.78 Å². The molecule has 5 heteroatoms. The first kappa shape index (κ1) is 17.7. The molecular weight excluding hydrogens is 281 g/mol. The molecule has 1 aromatic rings. The Morgan fingerprint density at radius 1 is 0.667 bits per heavy atom. The lowest BCUT2D eigenvalue weighted by molar-refractivity contribution is 0.342. The maximum absolute atomic E-state index is 13.5. The third kappa shape index (κ3) is 4.83. The van der Waals surface area contributed by atoms with Crippen molar-refractivity contribution in [2.45, 2.75) is 64.7 Å². The van der Waals surface area contributed by atoms with Gasteiger partial charge in [-0.3, -0.25) is 0 Å². The lowest BCUT2D eigenvalue weighted by Gasteiger charge is -2.09. The molecule has 0 aliphatic rings. The summed E-state index contributed by atoms with van der Waals surface area (Å²) >= 11 is 0. The van der Waals surface area contributed by atoms with Crippen LogP contribution in [0.5, 0.6) is 11.5 Å². The number of benzene rings is 1. The molecule has 120 valence electrons. The Morgan fingerprint density at radius 2 is 1.19 bits per heavy atom. The maximum atomic E-state index is 13.5. The Balaban J connectivity index is 2.43. The zero-order valence-electron chi connectivity index (χ0n) is 12.4. The molecule has 0 heterocycles. The van der Waals surface area contributed by atoms with E-state index in [0.29, 0.717) is 6.42 Å². The topological polar surface area (TPSA) is 40.5 Å². The van der Waals surface area contributed by atoms with E-state index in [2.05, 4.69) is 6.92 Å². The number of aromatic hydroxyl groups is 2. The van der Waals surface area contributed by atoms with Crippen LogP contribution in [-0.4, -0.2) is 10.2 Å². The lowest BCUT2D eigenvalue weighted by Crippen LogP contribution is -2.00. The van der Waals surface area contributed by atoms with Gasteiger partial charge in [0.15, 0.2) is 23.1 Å². The van der Waals surface area contributed by atoms with Crippen LogP contribution in [0.25, 0.3) is 0 Å². The molecule has 0 aliphatic heterocycles. The van der Waals surface area contributed by atoms with Crippen molar-refractivity contribution in [2.24, 2.45) is 0 Å². The van der Waals surface area contributed by atoms with Crippen molar-refractivity contribution in [1.82, 2.24) is 0 Å². The van der Waals surface area contributed by atoms with E-state index in [1.54, 1.807) is 0 Å². The highest BCUT2D eigenvalue weighted by molar-refractivity contribution is 5.47. The van der Waals surface area contributed by atoms with Crippen LogP contribution in [0.4, 0.5) is 13.2 Å². The van der Waals surface area contributed by atoms with Gasteiger partial charge in [-0.05, 0) is 12.8 Å². The van der Waals surface area contributed by atoms with Crippen molar-refractivity contribution >= 4 is 0 Å². The largest absolute Gasteiger partial charge is 0.504 e. The summed E-state index contributed by atoms with van der Waals surface area (Å²) in [4.78, 5) is 0. The number of phenols is 2. The summed E-state index contributed by atoms with van der Waals surface area (Å²) in [5.74, 6) is -7.01. The molecule has 1 aromatic carbocycles. The molecule has 0 bridgehead atoms. The molecule has 0 amide bonds. The highest BCUT2D eigenvalue weighted by Crippen LogP contribution is 2.36. The molecule has 0 saturated carbocycles. The number of phenolic OH excluding ortho intramolecular Hbond substituents is 2. The average Bonchev–Trinajstić information content (AvgIpc) is 2.49. The molecule has 0 unspecified atom stereocenters. The van der Waals surface area contributed by atoms with E-state index in [4.69, 9.17) is 0 Å². The summed E-state index contributed by atoms with van der Waals surface area (Å²) < 4.78 is 39.7. The zero-order valence-corrected chi connectivity index (χ0v) is 12.4. The fourth-order valence-electron chi connectivity index (χ4n) is 2.35. The lowest BCUT2D eigenvalue weighted by atomic mass is 10.0. The van der Waals surface area contributed by atoms with Crippen LogP contribution < -0.4 is 0 Å². The monoisotopic (exact) mass is 304 g/mol. The number of hydrogen-bond acceptors (Lipinski definition) is 2.